The van der Waals surface area contributed by atoms with E-state index >= 15 is 0 Å². The molecule has 0 spiro atoms. The molecule has 0 aliphatic heterocycles. The first kappa shape index (κ1) is 10.4. The van der Waals surface area contributed by atoms with E-state index in [1.165, 1.54) is 0 Å². The van der Waals surface area contributed by atoms with Crippen molar-refractivity contribution in [2.24, 2.45) is 0 Å². The van der Waals surface area contributed by atoms with Gasteiger partial charge in [-0.25, -0.2) is 0 Å². The minimum atomic E-state index is 0.116. The normalized spacial score (nSPS) is 11.8. The van der Waals surface area contributed by atoms with E-state index in [9.17, 15) is 0 Å². The number of benzene rings is 1. The summed E-state index contributed by atoms with van der Waals surface area (Å²) in [7, 11) is 0. The van der Waals surface area contributed by atoms with Crippen LogP contribution in [0.3, 0.4) is 0 Å². The summed E-state index contributed by atoms with van der Waals surface area (Å²) in [4.78, 5) is 0. The summed E-state index contributed by atoms with van der Waals surface area (Å²) in [5.74, 6) is 0.607. The zero-order chi connectivity index (χ0) is 10.6. The van der Waals surface area contributed by atoms with Crippen LogP contribution in [0.15, 0.2) is 18.2 Å². The summed E-state index contributed by atoms with van der Waals surface area (Å²) >= 11 is 0. The molecule has 0 heterocycles. The second-order valence-electron chi connectivity index (χ2n) is 3.20. The Balaban J connectivity index is 2.92. The standard InChI is InChI=1S/C11H14N2O/c1-3-8(2)14-11-5-4-10(13)6-9(11)7-12/h4-6,8H,3,13H2,1-2H3. The Hall–Kier alpha value is -1.69. The van der Waals surface area contributed by atoms with Crippen molar-refractivity contribution in [1.82, 2.24) is 0 Å². The van der Waals surface area contributed by atoms with Gasteiger partial charge in [-0.2, -0.15) is 5.26 Å². The predicted octanol–water partition coefficient (Wildman–Crippen LogP) is 2.32. The Morgan fingerprint density at radius 1 is 1.57 bits per heavy atom. The number of anilines is 1. The number of nitrogens with zero attached hydrogens (tertiary/aromatic N) is 1. The first-order chi connectivity index (χ1) is 6.67. The van der Waals surface area contributed by atoms with E-state index in [0.717, 1.165) is 6.42 Å². The number of hydrogen-bond donors (Lipinski definition) is 1. The van der Waals surface area contributed by atoms with Crippen molar-refractivity contribution in [2.45, 2.75) is 26.4 Å². The molecule has 0 bridgehead atoms. The third kappa shape index (κ3) is 2.40. The monoisotopic (exact) mass is 190 g/mol. The van der Waals surface area contributed by atoms with Gasteiger partial charge in [0.1, 0.15) is 11.8 Å². The molecule has 3 nitrogen and oxygen atoms in total. The molecule has 14 heavy (non-hydrogen) atoms. The van der Waals surface area contributed by atoms with E-state index in [0.29, 0.717) is 17.0 Å². The molecule has 0 fully saturated rings. The van der Waals surface area contributed by atoms with Gasteiger partial charge >= 0.3 is 0 Å². The molecule has 0 amide bonds. The molecule has 0 saturated heterocycles. The van der Waals surface area contributed by atoms with E-state index in [1.54, 1.807) is 18.2 Å². The molecule has 0 aliphatic rings. The number of hydrogen-bond acceptors (Lipinski definition) is 3. The number of nitrogen functional groups attached to an aromatic ring is 1. The van der Waals surface area contributed by atoms with Crippen LogP contribution in [0.2, 0.25) is 0 Å². The molecule has 0 aliphatic carbocycles. The third-order valence-electron chi connectivity index (χ3n) is 2.03. The van der Waals surface area contributed by atoms with Crippen LogP contribution in [0.4, 0.5) is 5.69 Å². The van der Waals surface area contributed by atoms with Gasteiger partial charge in [0.15, 0.2) is 0 Å². The first-order valence-electron chi connectivity index (χ1n) is 4.63. The molecule has 0 radical (unpaired) electrons. The average Bonchev–Trinajstić information content (AvgIpc) is 2.20. The highest BCUT2D eigenvalue weighted by Gasteiger charge is 2.06. The van der Waals surface area contributed by atoms with Crippen LogP contribution in [0.5, 0.6) is 5.75 Å². The van der Waals surface area contributed by atoms with Gasteiger partial charge in [-0.15, -0.1) is 0 Å². The highest BCUT2D eigenvalue weighted by Crippen LogP contribution is 2.21. The summed E-state index contributed by atoms with van der Waals surface area (Å²) in [6.07, 6.45) is 1.03. The van der Waals surface area contributed by atoms with Crippen molar-refractivity contribution >= 4 is 5.69 Å². The maximum absolute atomic E-state index is 8.84. The second kappa shape index (κ2) is 4.52. The number of rotatable bonds is 3. The van der Waals surface area contributed by atoms with E-state index in [-0.39, 0.29) is 6.10 Å². The molecule has 74 valence electrons. The molecule has 1 rings (SSSR count). The number of nitrogens with two attached hydrogens (primary N) is 1. The maximum atomic E-state index is 8.84. The van der Waals surface area contributed by atoms with Crippen molar-refractivity contribution in [1.29, 1.82) is 5.26 Å². The largest absolute Gasteiger partial charge is 0.489 e. The van der Waals surface area contributed by atoms with Gasteiger partial charge in [-0.05, 0) is 31.5 Å². The lowest BCUT2D eigenvalue weighted by Gasteiger charge is -2.13. The molecule has 1 aromatic rings. The topological polar surface area (TPSA) is 59.0 Å². The minimum Gasteiger partial charge on any atom is -0.489 e. The van der Waals surface area contributed by atoms with E-state index in [1.807, 2.05) is 13.8 Å². The van der Waals surface area contributed by atoms with Crippen LogP contribution in [-0.4, -0.2) is 6.10 Å². The van der Waals surface area contributed by atoms with Gasteiger partial charge in [0.05, 0.1) is 11.7 Å². The Morgan fingerprint density at radius 2 is 2.29 bits per heavy atom. The average molecular weight is 190 g/mol. The third-order valence-corrected chi connectivity index (χ3v) is 2.03. The molecule has 1 atom stereocenters. The molecule has 0 saturated carbocycles. The molecule has 1 aromatic carbocycles. The van der Waals surface area contributed by atoms with Crippen molar-refractivity contribution in [2.75, 3.05) is 5.73 Å². The second-order valence-corrected chi connectivity index (χ2v) is 3.20. The maximum Gasteiger partial charge on any atom is 0.137 e. The lowest BCUT2D eigenvalue weighted by molar-refractivity contribution is 0.217. The van der Waals surface area contributed by atoms with Gasteiger partial charge in [-0.3, -0.25) is 0 Å². The fourth-order valence-corrected chi connectivity index (χ4v) is 1.04. The van der Waals surface area contributed by atoms with E-state index in [4.69, 9.17) is 15.7 Å². The zero-order valence-corrected chi connectivity index (χ0v) is 8.45. The summed E-state index contributed by atoms with van der Waals surface area (Å²) < 4.78 is 5.56. The zero-order valence-electron chi connectivity index (χ0n) is 8.45. The Bertz CT molecular complexity index is 355. The smallest absolute Gasteiger partial charge is 0.137 e. The van der Waals surface area contributed by atoms with Gasteiger partial charge in [-0.1, -0.05) is 6.92 Å². The van der Waals surface area contributed by atoms with Crippen molar-refractivity contribution in [3.8, 4) is 11.8 Å². The van der Waals surface area contributed by atoms with Crippen molar-refractivity contribution in [3.63, 3.8) is 0 Å². The lowest BCUT2D eigenvalue weighted by Crippen LogP contribution is -2.10. The SMILES string of the molecule is CCC(C)Oc1ccc(N)cc1C#N. The van der Waals surface area contributed by atoms with Gasteiger partial charge in [0.2, 0.25) is 0 Å². The van der Waals surface area contributed by atoms with Crippen LogP contribution in [0.1, 0.15) is 25.8 Å². The summed E-state index contributed by atoms with van der Waals surface area (Å²) in [6, 6.07) is 7.15. The molecule has 1 unspecified atom stereocenters. The van der Waals surface area contributed by atoms with E-state index < -0.39 is 0 Å². The van der Waals surface area contributed by atoms with Crippen LogP contribution in [0, 0.1) is 11.3 Å². The van der Waals surface area contributed by atoms with Crippen molar-refractivity contribution in [3.05, 3.63) is 23.8 Å². The van der Waals surface area contributed by atoms with Gasteiger partial charge in [0.25, 0.3) is 0 Å². The fraction of sp³-hybridized carbons (Fsp3) is 0.364. The molecular formula is C11H14N2O. The predicted molar refractivity (Wildman–Crippen MR) is 56.0 cm³/mol. The Labute approximate surface area is 84.1 Å². The first-order valence-corrected chi connectivity index (χ1v) is 4.63. The summed E-state index contributed by atoms with van der Waals surface area (Å²) in [6.45, 7) is 4.01. The highest BCUT2D eigenvalue weighted by molar-refractivity contribution is 5.53. The van der Waals surface area contributed by atoms with E-state index in [2.05, 4.69) is 6.07 Å². The molecule has 2 N–H and O–H groups in total. The van der Waals surface area contributed by atoms with Crippen LogP contribution < -0.4 is 10.5 Å². The molecular weight excluding hydrogens is 176 g/mol. The van der Waals surface area contributed by atoms with Crippen molar-refractivity contribution < 1.29 is 4.74 Å². The molecule has 0 aromatic heterocycles. The van der Waals surface area contributed by atoms with Crippen LogP contribution in [-0.2, 0) is 0 Å². The quantitative estimate of drug-likeness (QED) is 0.744. The van der Waals surface area contributed by atoms with Crippen LogP contribution in [0.25, 0.3) is 0 Å². The number of nitriles is 1. The number of ether oxygens (including phenoxy) is 1. The molecule has 3 heteroatoms. The minimum absolute atomic E-state index is 0.116. The van der Waals surface area contributed by atoms with Gasteiger partial charge < -0.3 is 10.5 Å². The Kier molecular flexibility index (Phi) is 3.35. The Morgan fingerprint density at radius 3 is 2.86 bits per heavy atom. The highest BCUT2D eigenvalue weighted by atomic mass is 16.5. The summed E-state index contributed by atoms with van der Waals surface area (Å²) in [5, 5.41) is 8.84. The fourth-order valence-electron chi connectivity index (χ4n) is 1.04. The lowest BCUT2D eigenvalue weighted by atomic mass is 10.2. The summed E-state index contributed by atoms with van der Waals surface area (Å²) in [5.41, 5.74) is 6.63. The van der Waals surface area contributed by atoms with Gasteiger partial charge in [0, 0.05) is 5.69 Å². The van der Waals surface area contributed by atoms with Crippen LogP contribution >= 0.6 is 0 Å².